The van der Waals surface area contributed by atoms with E-state index in [1.54, 1.807) is 0 Å². The number of hydrogen-bond donors (Lipinski definition) is 1. The van der Waals surface area contributed by atoms with Crippen molar-refractivity contribution >= 4 is 5.91 Å². The van der Waals surface area contributed by atoms with Gasteiger partial charge < -0.3 is 10.2 Å². The first-order valence-electron chi connectivity index (χ1n) is 8.99. The number of likely N-dealkylation sites (tertiary alicyclic amines) is 1. The fraction of sp³-hybridized carbons (Fsp3) is 0.684. The molecular weight excluding hydrogens is 300 g/mol. The SMILES string of the molecule is CC(C)CCC(=O)N[C@@H]1CN(Cc2ccncc2)C[C@H]1CN(C)C. The third-order valence-corrected chi connectivity index (χ3v) is 4.57. The fourth-order valence-electron chi connectivity index (χ4n) is 3.35. The van der Waals surface area contributed by atoms with Crippen molar-refractivity contribution in [1.82, 2.24) is 20.1 Å². The van der Waals surface area contributed by atoms with Gasteiger partial charge in [0.25, 0.3) is 0 Å². The Morgan fingerprint density at radius 1 is 1.33 bits per heavy atom. The van der Waals surface area contributed by atoms with Gasteiger partial charge in [-0.15, -0.1) is 0 Å². The van der Waals surface area contributed by atoms with Gasteiger partial charge in [-0.05, 0) is 44.1 Å². The summed E-state index contributed by atoms with van der Waals surface area (Å²) in [5.74, 6) is 1.24. The molecule has 24 heavy (non-hydrogen) atoms. The second kappa shape index (κ2) is 9.14. The lowest BCUT2D eigenvalue weighted by atomic mass is 10.0. The summed E-state index contributed by atoms with van der Waals surface area (Å²) < 4.78 is 0. The van der Waals surface area contributed by atoms with Gasteiger partial charge in [0.2, 0.25) is 5.91 Å². The average molecular weight is 332 g/mol. The molecule has 1 aromatic heterocycles. The Balaban J connectivity index is 1.92. The molecule has 1 saturated heterocycles. The summed E-state index contributed by atoms with van der Waals surface area (Å²) in [6.45, 7) is 8.19. The van der Waals surface area contributed by atoms with Crippen molar-refractivity contribution in [3.63, 3.8) is 0 Å². The zero-order valence-electron chi connectivity index (χ0n) is 15.5. The van der Waals surface area contributed by atoms with Crippen molar-refractivity contribution in [1.29, 1.82) is 0 Å². The van der Waals surface area contributed by atoms with Crippen molar-refractivity contribution in [3.8, 4) is 0 Å². The van der Waals surface area contributed by atoms with Gasteiger partial charge in [0.1, 0.15) is 0 Å². The van der Waals surface area contributed by atoms with Crippen LogP contribution in [0.5, 0.6) is 0 Å². The molecule has 2 rings (SSSR count). The van der Waals surface area contributed by atoms with E-state index in [1.807, 2.05) is 12.4 Å². The molecule has 2 atom stereocenters. The summed E-state index contributed by atoms with van der Waals surface area (Å²) >= 11 is 0. The molecule has 1 amide bonds. The van der Waals surface area contributed by atoms with Crippen LogP contribution in [0.15, 0.2) is 24.5 Å². The predicted octanol–water partition coefficient (Wildman–Crippen LogP) is 2.00. The van der Waals surface area contributed by atoms with E-state index in [2.05, 4.69) is 60.2 Å². The van der Waals surface area contributed by atoms with Crippen LogP contribution in [0.2, 0.25) is 0 Å². The van der Waals surface area contributed by atoms with Gasteiger partial charge in [-0.1, -0.05) is 13.8 Å². The number of nitrogens with zero attached hydrogens (tertiary/aromatic N) is 3. The third-order valence-electron chi connectivity index (χ3n) is 4.57. The van der Waals surface area contributed by atoms with E-state index in [1.165, 1.54) is 5.56 Å². The van der Waals surface area contributed by atoms with Gasteiger partial charge in [-0.3, -0.25) is 14.7 Å². The van der Waals surface area contributed by atoms with Gasteiger partial charge >= 0.3 is 0 Å². The number of nitrogens with one attached hydrogen (secondary N) is 1. The van der Waals surface area contributed by atoms with Crippen molar-refractivity contribution < 1.29 is 4.79 Å². The van der Waals surface area contributed by atoms with Gasteiger partial charge in [0.05, 0.1) is 0 Å². The van der Waals surface area contributed by atoms with E-state index in [-0.39, 0.29) is 11.9 Å². The Bertz CT molecular complexity index is 503. The lowest BCUT2D eigenvalue weighted by Gasteiger charge is -2.23. The van der Waals surface area contributed by atoms with Crippen LogP contribution >= 0.6 is 0 Å². The zero-order valence-corrected chi connectivity index (χ0v) is 15.5. The smallest absolute Gasteiger partial charge is 0.220 e. The Morgan fingerprint density at radius 2 is 2.04 bits per heavy atom. The first-order valence-corrected chi connectivity index (χ1v) is 8.99. The van der Waals surface area contributed by atoms with Gasteiger partial charge in [0, 0.05) is 57.0 Å². The average Bonchev–Trinajstić information content (AvgIpc) is 2.86. The van der Waals surface area contributed by atoms with Crippen LogP contribution < -0.4 is 5.32 Å². The lowest BCUT2D eigenvalue weighted by Crippen LogP contribution is -2.43. The maximum Gasteiger partial charge on any atom is 0.220 e. The minimum atomic E-state index is 0.197. The van der Waals surface area contributed by atoms with Crippen LogP contribution in [0.25, 0.3) is 0 Å². The molecule has 1 N–H and O–H groups in total. The van der Waals surface area contributed by atoms with Crippen LogP contribution in [0.1, 0.15) is 32.3 Å². The molecular formula is C19H32N4O. The third kappa shape index (κ3) is 6.21. The summed E-state index contributed by atoms with van der Waals surface area (Å²) in [6, 6.07) is 4.37. The molecule has 1 fully saturated rings. The summed E-state index contributed by atoms with van der Waals surface area (Å²) in [6.07, 6.45) is 5.27. The number of pyridine rings is 1. The molecule has 1 aliphatic rings. The van der Waals surface area contributed by atoms with Crippen LogP contribution in [0.3, 0.4) is 0 Å². The maximum atomic E-state index is 12.2. The van der Waals surface area contributed by atoms with Crippen molar-refractivity contribution in [2.45, 2.75) is 39.3 Å². The van der Waals surface area contributed by atoms with E-state index in [0.717, 1.165) is 32.6 Å². The second-order valence-corrected chi connectivity index (χ2v) is 7.68. The second-order valence-electron chi connectivity index (χ2n) is 7.68. The van der Waals surface area contributed by atoms with Crippen LogP contribution in [-0.2, 0) is 11.3 Å². The van der Waals surface area contributed by atoms with Crippen LogP contribution in [0, 0.1) is 11.8 Å². The van der Waals surface area contributed by atoms with Crippen LogP contribution in [0.4, 0.5) is 0 Å². The molecule has 0 bridgehead atoms. The van der Waals surface area contributed by atoms with Crippen molar-refractivity contribution in [2.24, 2.45) is 11.8 Å². The fourth-order valence-corrected chi connectivity index (χ4v) is 3.35. The molecule has 5 heteroatoms. The molecule has 1 aromatic rings. The number of carbonyl (C=O) groups is 1. The number of carbonyl (C=O) groups excluding carboxylic acids is 1. The highest BCUT2D eigenvalue weighted by Crippen LogP contribution is 2.20. The molecule has 0 aromatic carbocycles. The minimum absolute atomic E-state index is 0.197. The summed E-state index contributed by atoms with van der Waals surface area (Å²) in [5, 5.41) is 3.29. The standard InChI is InChI=1S/C19H32N4O/c1-15(2)5-6-19(24)21-18-14-23(13-17(18)12-22(3)4)11-16-7-9-20-10-8-16/h7-10,15,17-18H,5-6,11-14H2,1-4H3,(H,21,24)/t17-,18-/m1/s1. The predicted molar refractivity (Wildman–Crippen MR) is 97.6 cm³/mol. The quantitative estimate of drug-likeness (QED) is 0.791. The van der Waals surface area contributed by atoms with Gasteiger partial charge in [-0.2, -0.15) is 0 Å². The normalized spacial score (nSPS) is 21.6. The Hall–Kier alpha value is -1.46. The molecule has 0 spiro atoms. The summed E-state index contributed by atoms with van der Waals surface area (Å²) in [4.78, 5) is 21.0. The van der Waals surface area contributed by atoms with Gasteiger partial charge in [-0.25, -0.2) is 0 Å². The van der Waals surface area contributed by atoms with Crippen molar-refractivity contribution in [3.05, 3.63) is 30.1 Å². The first kappa shape index (κ1) is 18.9. The van der Waals surface area contributed by atoms with Crippen molar-refractivity contribution in [2.75, 3.05) is 33.7 Å². The van der Waals surface area contributed by atoms with E-state index >= 15 is 0 Å². The lowest BCUT2D eigenvalue weighted by molar-refractivity contribution is -0.122. The van der Waals surface area contributed by atoms with E-state index in [0.29, 0.717) is 18.3 Å². The van der Waals surface area contributed by atoms with E-state index < -0.39 is 0 Å². The number of rotatable bonds is 8. The zero-order chi connectivity index (χ0) is 17.5. The Morgan fingerprint density at radius 3 is 2.67 bits per heavy atom. The highest BCUT2D eigenvalue weighted by molar-refractivity contribution is 5.76. The van der Waals surface area contributed by atoms with E-state index in [4.69, 9.17) is 0 Å². The molecule has 2 heterocycles. The number of amides is 1. The Labute approximate surface area is 146 Å². The number of hydrogen-bond acceptors (Lipinski definition) is 4. The molecule has 0 aliphatic carbocycles. The molecule has 0 radical (unpaired) electrons. The monoisotopic (exact) mass is 332 g/mol. The molecule has 0 saturated carbocycles. The van der Waals surface area contributed by atoms with Gasteiger partial charge in [0.15, 0.2) is 0 Å². The first-order chi connectivity index (χ1) is 11.4. The summed E-state index contributed by atoms with van der Waals surface area (Å²) in [7, 11) is 4.20. The minimum Gasteiger partial charge on any atom is -0.352 e. The number of aromatic nitrogens is 1. The van der Waals surface area contributed by atoms with E-state index in [9.17, 15) is 4.79 Å². The maximum absolute atomic E-state index is 12.2. The molecule has 5 nitrogen and oxygen atoms in total. The largest absolute Gasteiger partial charge is 0.352 e. The highest BCUT2D eigenvalue weighted by atomic mass is 16.1. The van der Waals surface area contributed by atoms with Crippen LogP contribution in [-0.4, -0.2) is 60.5 Å². The molecule has 1 aliphatic heterocycles. The molecule has 134 valence electrons. The Kier molecular flexibility index (Phi) is 7.18. The molecule has 0 unspecified atom stereocenters. The topological polar surface area (TPSA) is 48.5 Å². The highest BCUT2D eigenvalue weighted by Gasteiger charge is 2.33. The summed E-state index contributed by atoms with van der Waals surface area (Å²) in [5.41, 5.74) is 1.28.